The highest BCUT2D eigenvalue weighted by Gasteiger charge is 2.04. The Morgan fingerprint density at radius 1 is 0.917 bits per heavy atom. The van der Waals surface area contributed by atoms with Gasteiger partial charge in [0.2, 0.25) is 0 Å². The third kappa shape index (κ3) is 6.62. The zero-order valence-electron chi connectivity index (χ0n) is 8.86. The Labute approximate surface area is 77.1 Å². The van der Waals surface area contributed by atoms with E-state index in [1.807, 2.05) is 0 Å². The zero-order chi connectivity index (χ0) is 9.23. The number of quaternary nitrogens is 2. The minimum atomic E-state index is 1.10. The van der Waals surface area contributed by atoms with Crippen LogP contribution in [0.15, 0.2) is 0 Å². The quantitative estimate of drug-likeness (QED) is 0.474. The minimum Gasteiger partial charge on any atom is -0.358 e. The lowest BCUT2D eigenvalue weighted by atomic mass is 10.2. The number of hydrogen-bond acceptors (Lipinski definition) is 0. The standard InChI is InChI=1S/C10H24N2/c1-3-8-12(9-4-2)10-6-5-7-11/h3-11H2,1-2H3/p+2. The van der Waals surface area contributed by atoms with E-state index >= 15 is 0 Å². The third-order valence-corrected chi connectivity index (χ3v) is 2.24. The third-order valence-electron chi connectivity index (χ3n) is 2.24. The van der Waals surface area contributed by atoms with Gasteiger partial charge in [0, 0.05) is 12.8 Å². The predicted octanol–water partition coefficient (Wildman–Crippen LogP) is -0.287. The van der Waals surface area contributed by atoms with Gasteiger partial charge < -0.3 is 10.6 Å². The SMILES string of the molecule is CCC[NH+](CCC)CCCC[NH3+]. The molecule has 0 rings (SSSR count). The van der Waals surface area contributed by atoms with E-state index in [9.17, 15) is 0 Å². The van der Waals surface area contributed by atoms with Crippen molar-refractivity contribution >= 4 is 0 Å². The van der Waals surface area contributed by atoms with Crippen LogP contribution < -0.4 is 10.6 Å². The van der Waals surface area contributed by atoms with Crippen LogP contribution in [-0.2, 0) is 0 Å². The van der Waals surface area contributed by atoms with Gasteiger partial charge >= 0.3 is 0 Å². The Balaban J connectivity index is 3.34. The summed E-state index contributed by atoms with van der Waals surface area (Å²) in [6.45, 7) is 9.72. The molecule has 0 atom stereocenters. The first-order valence-corrected chi connectivity index (χ1v) is 5.47. The largest absolute Gasteiger partial charge is 0.358 e. The highest BCUT2D eigenvalue weighted by molar-refractivity contribution is 4.35. The van der Waals surface area contributed by atoms with Gasteiger partial charge in [-0.3, -0.25) is 0 Å². The van der Waals surface area contributed by atoms with Crippen LogP contribution in [0.3, 0.4) is 0 Å². The van der Waals surface area contributed by atoms with Gasteiger partial charge in [0.25, 0.3) is 0 Å². The van der Waals surface area contributed by atoms with E-state index in [4.69, 9.17) is 0 Å². The molecule has 2 heteroatoms. The summed E-state index contributed by atoms with van der Waals surface area (Å²) in [4.78, 5) is 1.79. The predicted molar refractivity (Wildman–Crippen MR) is 53.1 cm³/mol. The molecular formula is C10H26N2+2. The molecule has 0 aromatic rings. The summed E-state index contributed by atoms with van der Waals surface area (Å²) in [6, 6.07) is 0. The Morgan fingerprint density at radius 2 is 1.50 bits per heavy atom. The van der Waals surface area contributed by atoms with Crippen molar-refractivity contribution in [2.24, 2.45) is 0 Å². The Kier molecular flexibility index (Phi) is 8.95. The van der Waals surface area contributed by atoms with Crippen molar-refractivity contribution in [2.45, 2.75) is 39.5 Å². The Morgan fingerprint density at radius 3 is 1.92 bits per heavy atom. The van der Waals surface area contributed by atoms with Gasteiger partial charge in [-0.05, 0) is 12.8 Å². The Bertz CT molecular complexity index is 77.9. The van der Waals surface area contributed by atoms with Crippen molar-refractivity contribution in [2.75, 3.05) is 26.2 Å². The lowest BCUT2D eigenvalue weighted by molar-refractivity contribution is -0.900. The molecule has 0 aliphatic carbocycles. The summed E-state index contributed by atoms with van der Waals surface area (Å²) in [5.74, 6) is 0. The fraction of sp³-hybridized carbons (Fsp3) is 1.00. The maximum Gasteiger partial charge on any atom is 0.0773 e. The fourth-order valence-electron chi connectivity index (χ4n) is 1.63. The highest BCUT2D eigenvalue weighted by Crippen LogP contribution is 1.79. The summed E-state index contributed by atoms with van der Waals surface area (Å²) in [7, 11) is 0. The number of nitrogens with one attached hydrogen (secondary N) is 1. The molecule has 0 saturated heterocycles. The Hall–Kier alpha value is -0.0800. The molecule has 2 nitrogen and oxygen atoms in total. The molecule has 0 unspecified atom stereocenters. The second-order valence-corrected chi connectivity index (χ2v) is 3.56. The van der Waals surface area contributed by atoms with Crippen molar-refractivity contribution in [3.63, 3.8) is 0 Å². The smallest absolute Gasteiger partial charge is 0.0773 e. The minimum absolute atomic E-state index is 1.10. The average Bonchev–Trinajstić information content (AvgIpc) is 2.06. The molecule has 0 aliphatic heterocycles. The highest BCUT2D eigenvalue weighted by atomic mass is 15.1. The van der Waals surface area contributed by atoms with Gasteiger partial charge in [-0.25, -0.2) is 0 Å². The van der Waals surface area contributed by atoms with Crippen molar-refractivity contribution < 1.29 is 10.6 Å². The monoisotopic (exact) mass is 174 g/mol. The van der Waals surface area contributed by atoms with E-state index in [0.717, 1.165) is 6.54 Å². The summed E-state index contributed by atoms with van der Waals surface area (Å²) in [5, 5.41) is 0. The maximum atomic E-state index is 3.87. The molecule has 12 heavy (non-hydrogen) atoms. The molecule has 0 heterocycles. The van der Waals surface area contributed by atoms with Gasteiger partial charge in [0.05, 0.1) is 26.2 Å². The molecule has 4 N–H and O–H groups in total. The summed E-state index contributed by atoms with van der Waals surface area (Å²) < 4.78 is 0. The number of hydrogen-bond donors (Lipinski definition) is 2. The van der Waals surface area contributed by atoms with Crippen LogP contribution in [0.2, 0.25) is 0 Å². The molecule has 0 radical (unpaired) electrons. The van der Waals surface area contributed by atoms with Gasteiger partial charge in [0.15, 0.2) is 0 Å². The van der Waals surface area contributed by atoms with E-state index < -0.39 is 0 Å². The van der Waals surface area contributed by atoms with Crippen LogP contribution in [0.25, 0.3) is 0 Å². The molecule has 0 saturated carbocycles. The topological polar surface area (TPSA) is 32.1 Å². The molecule has 74 valence electrons. The molecule has 0 aromatic carbocycles. The molecule has 0 spiro atoms. The van der Waals surface area contributed by atoms with E-state index in [1.54, 1.807) is 4.90 Å². The van der Waals surface area contributed by atoms with Crippen LogP contribution in [0.5, 0.6) is 0 Å². The normalized spacial score (nSPS) is 11.0. The molecule has 0 bridgehead atoms. The van der Waals surface area contributed by atoms with Gasteiger partial charge in [-0.1, -0.05) is 13.8 Å². The van der Waals surface area contributed by atoms with E-state index in [-0.39, 0.29) is 0 Å². The summed E-state index contributed by atoms with van der Waals surface area (Å²) >= 11 is 0. The van der Waals surface area contributed by atoms with Gasteiger partial charge in [-0.15, -0.1) is 0 Å². The van der Waals surface area contributed by atoms with Crippen molar-refractivity contribution in [1.29, 1.82) is 0 Å². The fourth-order valence-corrected chi connectivity index (χ4v) is 1.63. The lowest BCUT2D eigenvalue weighted by Crippen LogP contribution is -3.12. The first-order chi connectivity index (χ1) is 5.85. The summed E-state index contributed by atoms with van der Waals surface area (Å²) in [5.41, 5.74) is 3.87. The van der Waals surface area contributed by atoms with Gasteiger partial charge in [-0.2, -0.15) is 0 Å². The molecule has 0 fully saturated rings. The number of rotatable bonds is 8. The maximum absolute atomic E-state index is 3.87. The van der Waals surface area contributed by atoms with E-state index in [1.165, 1.54) is 45.3 Å². The zero-order valence-corrected chi connectivity index (χ0v) is 8.86. The molecule has 0 amide bonds. The lowest BCUT2D eigenvalue weighted by Gasteiger charge is -2.17. The van der Waals surface area contributed by atoms with Crippen LogP contribution in [0.1, 0.15) is 39.5 Å². The molecule has 0 aromatic heterocycles. The van der Waals surface area contributed by atoms with Crippen molar-refractivity contribution in [1.82, 2.24) is 0 Å². The second kappa shape index (κ2) is 9.01. The van der Waals surface area contributed by atoms with Crippen molar-refractivity contribution in [3.8, 4) is 0 Å². The van der Waals surface area contributed by atoms with Crippen molar-refractivity contribution in [3.05, 3.63) is 0 Å². The van der Waals surface area contributed by atoms with Crippen LogP contribution in [-0.4, -0.2) is 26.2 Å². The van der Waals surface area contributed by atoms with Crippen LogP contribution >= 0.6 is 0 Å². The number of unbranched alkanes of at least 4 members (excludes halogenated alkanes) is 1. The van der Waals surface area contributed by atoms with E-state index in [2.05, 4.69) is 19.6 Å². The first kappa shape index (κ1) is 11.9. The average molecular weight is 174 g/mol. The van der Waals surface area contributed by atoms with Crippen LogP contribution in [0, 0.1) is 0 Å². The second-order valence-electron chi connectivity index (χ2n) is 3.56. The van der Waals surface area contributed by atoms with Crippen LogP contribution in [0.4, 0.5) is 0 Å². The van der Waals surface area contributed by atoms with Gasteiger partial charge in [0.1, 0.15) is 0 Å². The molecular weight excluding hydrogens is 148 g/mol. The summed E-state index contributed by atoms with van der Waals surface area (Å²) in [6.07, 6.45) is 5.30. The first-order valence-electron chi connectivity index (χ1n) is 5.47. The molecule has 0 aliphatic rings. The van der Waals surface area contributed by atoms with E-state index in [0.29, 0.717) is 0 Å².